The number of carbonyl (C=O) groups is 2. The van der Waals surface area contributed by atoms with Crippen molar-refractivity contribution in [1.29, 1.82) is 0 Å². The van der Waals surface area contributed by atoms with E-state index in [1.54, 1.807) is 11.6 Å². The normalized spacial score (nSPS) is 10.8. The van der Waals surface area contributed by atoms with Crippen LogP contribution in [0.1, 0.15) is 36.7 Å². The van der Waals surface area contributed by atoms with Crippen molar-refractivity contribution in [3.63, 3.8) is 0 Å². The molecular weight excluding hydrogens is 404 g/mol. The molecule has 0 atom stereocenters. The third-order valence-electron chi connectivity index (χ3n) is 4.16. The summed E-state index contributed by atoms with van der Waals surface area (Å²) in [7, 11) is 0. The summed E-state index contributed by atoms with van der Waals surface area (Å²) in [6.45, 7) is 6.27. The lowest BCUT2D eigenvalue weighted by Gasteiger charge is -2.11. The number of nitrogens with zero attached hydrogens (tertiary/aromatic N) is 4. The maximum Gasteiger partial charge on any atom is 0.341 e. The average molecular weight is 429 g/mol. The van der Waals surface area contributed by atoms with Crippen LogP contribution in [0.15, 0.2) is 36.0 Å². The number of ether oxygens (including phenoxy) is 1. The molecule has 2 heterocycles. The van der Waals surface area contributed by atoms with Gasteiger partial charge in [-0.2, -0.15) is 0 Å². The second kappa shape index (κ2) is 9.97. The number of nitrogens with one attached hydrogen (secondary N) is 2. The van der Waals surface area contributed by atoms with Gasteiger partial charge >= 0.3 is 5.97 Å². The number of rotatable bonds is 9. The Morgan fingerprint density at radius 2 is 2.00 bits per heavy atom. The van der Waals surface area contributed by atoms with Crippen molar-refractivity contribution >= 4 is 33.9 Å². The molecule has 0 saturated carbocycles. The topological polar surface area (TPSA) is 111 Å². The molecule has 2 aromatic heterocycles. The predicted octanol–water partition coefficient (Wildman–Crippen LogP) is 3.15. The molecule has 9 nitrogen and oxygen atoms in total. The van der Waals surface area contributed by atoms with Gasteiger partial charge in [-0.1, -0.05) is 13.8 Å². The summed E-state index contributed by atoms with van der Waals surface area (Å²) in [5, 5.41) is 19.4. The summed E-state index contributed by atoms with van der Waals surface area (Å²) in [6, 6.07) is 7.35. The third kappa shape index (κ3) is 5.41. The van der Waals surface area contributed by atoms with Crippen LogP contribution in [-0.4, -0.2) is 45.2 Å². The highest BCUT2D eigenvalue weighted by atomic mass is 32.1. The average Bonchev–Trinajstić information content (AvgIpc) is 3.37. The van der Waals surface area contributed by atoms with E-state index in [1.807, 2.05) is 29.6 Å². The number of thiophene rings is 1. The van der Waals surface area contributed by atoms with Gasteiger partial charge in [-0.3, -0.25) is 4.79 Å². The Morgan fingerprint density at radius 1 is 1.23 bits per heavy atom. The first-order valence-corrected chi connectivity index (χ1v) is 10.5. The van der Waals surface area contributed by atoms with Crippen LogP contribution >= 0.6 is 11.3 Å². The van der Waals surface area contributed by atoms with Gasteiger partial charge in [0.1, 0.15) is 11.3 Å². The molecule has 0 fully saturated rings. The van der Waals surface area contributed by atoms with Gasteiger partial charge in [0.05, 0.1) is 24.4 Å². The van der Waals surface area contributed by atoms with Crippen LogP contribution in [0.5, 0.6) is 0 Å². The van der Waals surface area contributed by atoms with Gasteiger partial charge in [0.2, 0.25) is 5.91 Å². The molecule has 1 aromatic carbocycles. The zero-order valence-electron chi connectivity index (χ0n) is 17.1. The number of benzene rings is 1. The van der Waals surface area contributed by atoms with Crippen molar-refractivity contribution in [2.45, 2.75) is 27.2 Å². The first-order chi connectivity index (χ1) is 14.5. The molecule has 0 bridgehead atoms. The van der Waals surface area contributed by atoms with Gasteiger partial charge in [-0.05, 0) is 64.9 Å². The summed E-state index contributed by atoms with van der Waals surface area (Å²) in [4.78, 5) is 24.9. The third-order valence-corrected chi connectivity index (χ3v) is 5.11. The Balaban J connectivity index is 1.63. The molecule has 10 heteroatoms. The molecule has 1 amide bonds. The van der Waals surface area contributed by atoms with Crippen molar-refractivity contribution in [2.75, 3.05) is 23.8 Å². The summed E-state index contributed by atoms with van der Waals surface area (Å²) in [5.41, 5.74) is 2.94. The van der Waals surface area contributed by atoms with Crippen LogP contribution in [0, 0.1) is 5.92 Å². The monoisotopic (exact) mass is 428 g/mol. The molecule has 0 unspecified atom stereocenters. The first-order valence-electron chi connectivity index (χ1n) is 9.62. The van der Waals surface area contributed by atoms with E-state index < -0.39 is 5.97 Å². The van der Waals surface area contributed by atoms with E-state index in [1.165, 1.54) is 17.7 Å². The minimum atomic E-state index is -0.407. The zero-order valence-corrected chi connectivity index (χ0v) is 17.9. The van der Waals surface area contributed by atoms with Crippen molar-refractivity contribution < 1.29 is 14.3 Å². The van der Waals surface area contributed by atoms with Crippen LogP contribution < -0.4 is 10.6 Å². The second-order valence-corrected chi connectivity index (χ2v) is 7.87. The van der Waals surface area contributed by atoms with Crippen LogP contribution in [0.3, 0.4) is 0 Å². The quantitative estimate of drug-likeness (QED) is 0.504. The Labute approximate surface area is 178 Å². The SMILES string of the molecule is CCOC(=O)c1c(CC(C)C)csc1NC(=O)CNc1ccc(-n2cnnn2)cc1. The maximum atomic E-state index is 12.5. The minimum Gasteiger partial charge on any atom is -0.462 e. The number of aromatic nitrogens is 4. The molecule has 3 aromatic rings. The molecule has 0 saturated heterocycles. The Hall–Kier alpha value is -3.27. The van der Waals surface area contributed by atoms with Crippen molar-refractivity contribution in [1.82, 2.24) is 20.2 Å². The highest BCUT2D eigenvalue weighted by molar-refractivity contribution is 7.15. The molecule has 0 radical (unpaired) electrons. The van der Waals surface area contributed by atoms with Gasteiger partial charge in [0.15, 0.2) is 0 Å². The zero-order chi connectivity index (χ0) is 21.5. The fourth-order valence-electron chi connectivity index (χ4n) is 2.87. The number of hydrogen-bond donors (Lipinski definition) is 2. The molecule has 2 N–H and O–H groups in total. The lowest BCUT2D eigenvalue weighted by Crippen LogP contribution is -2.22. The molecule has 0 spiro atoms. The minimum absolute atomic E-state index is 0.0594. The van der Waals surface area contributed by atoms with Crippen LogP contribution in [0.4, 0.5) is 10.7 Å². The number of carbonyl (C=O) groups excluding carboxylic acids is 2. The molecular formula is C20H24N6O3S. The first kappa shape index (κ1) is 21.4. The lowest BCUT2D eigenvalue weighted by atomic mass is 10.0. The number of esters is 1. The predicted molar refractivity (Wildman–Crippen MR) is 115 cm³/mol. The summed E-state index contributed by atoms with van der Waals surface area (Å²) < 4.78 is 6.73. The van der Waals surface area contributed by atoms with Gasteiger partial charge < -0.3 is 15.4 Å². The fraction of sp³-hybridized carbons (Fsp3) is 0.350. The summed E-state index contributed by atoms with van der Waals surface area (Å²) >= 11 is 1.34. The van der Waals surface area contributed by atoms with Crippen LogP contribution in [0.25, 0.3) is 5.69 Å². The highest BCUT2D eigenvalue weighted by Gasteiger charge is 2.22. The molecule has 30 heavy (non-hydrogen) atoms. The fourth-order valence-corrected chi connectivity index (χ4v) is 3.85. The number of tetrazole rings is 1. The number of hydrogen-bond acceptors (Lipinski definition) is 8. The van der Waals surface area contributed by atoms with Gasteiger partial charge in [-0.15, -0.1) is 16.4 Å². The van der Waals surface area contributed by atoms with Gasteiger partial charge in [-0.25, -0.2) is 9.48 Å². The van der Waals surface area contributed by atoms with Crippen molar-refractivity contribution in [3.8, 4) is 5.69 Å². The van der Waals surface area contributed by atoms with E-state index in [4.69, 9.17) is 4.74 Å². The van der Waals surface area contributed by atoms with Crippen LogP contribution in [0.2, 0.25) is 0 Å². The van der Waals surface area contributed by atoms with E-state index in [2.05, 4.69) is 40.0 Å². The molecule has 3 rings (SSSR count). The van der Waals surface area contributed by atoms with Gasteiger partial charge in [0.25, 0.3) is 0 Å². The summed E-state index contributed by atoms with van der Waals surface area (Å²) in [5.74, 6) is -0.270. The second-order valence-electron chi connectivity index (χ2n) is 6.99. The Bertz CT molecular complexity index is 983. The lowest BCUT2D eigenvalue weighted by molar-refractivity contribution is -0.114. The Kier molecular flexibility index (Phi) is 7.12. The number of amides is 1. The van der Waals surface area contributed by atoms with E-state index in [9.17, 15) is 9.59 Å². The number of anilines is 2. The van der Waals surface area contributed by atoms with Crippen molar-refractivity contribution in [2.24, 2.45) is 5.92 Å². The van der Waals surface area contributed by atoms with E-state index in [-0.39, 0.29) is 19.1 Å². The van der Waals surface area contributed by atoms with Crippen LogP contribution in [-0.2, 0) is 16.0 Å². The molecule has 0 aliphatic heterocycles. The highest BCUT2D eigenvalue weighted by Crippen LogP contribution is 2.31. The van der Waals surface area contributed by atoms with Gasteiger partial charge in [0, 0.05) is 5.69 Å². The standard InChI is InChI=1S/C20H24N6O3S/c1-4-29-20(28)18-14(9-13(2)3)11-30-19(18)23-17(27)10-21-15-5-7-16(8-6-15)26-12-22-24-25-26/h5-8,11-13,21H,4,9-10H2,1-3H3,(H,23,27). The van der Waals surface area contributed by atoms with E-state index in [0.717, 1.165) is 23.4 Å². The summed E-state index contributed by atoms with van der Waals surface area (Å²) in [6.07, 6.45) is 2.25. The van der Waals surface area contributed by atoms with E-state index >= 15 is 0 Å². The van der Waals surface area contributed by atoms with Crippen molar-refractivity contribution in [3.05, 3.63) is 47.1 Å². The maximum absolute atomic E-state index is 12.5. The molecule has 158 valence electrons. The Morgan fingerprint density at radius 3 is 2.63 bits per heavy atom. The molecule has 0 aliphatic carbocycles. The largest absolute Gasteiger partial charge is 0.462 e. The van der Waals surface area contributed by atoms with E-state index in [0.29, 0.717) is 16.5 Å². The smallest absolute Gasteiger partial charge is 0.341 e. The molecule has 0 aliphatic rings.